The lowest BCUT2D eigenvalue weighted by atomic mass is 10.0. The van der Waals surface area contributed by atoms with Gasteiger partial charge in [-0.15, -0.1) is 0 Å². The summed E-state index contributed by atoms with van der Waals surface area (Å²) in [5, 5.41) is 15.0. The lowest BCUT2D eigenvalue weighted by Gasteiger charge is -2.17. The molecule has 1 N–H and O–H groups in total. The smallest absolute Gasteiger partial charge is 0.122 e. The molecule has 2 rings (SSSR count). The van der Waals surface area contributed by atoms with Crippen LogP contribution in [0, 0.1) is 6.92 Å². The molecule has 2 aromatic rings. The van der Waals surface area contributed by atoms with Crippen molar-refractivity contribution in [3.05, 3.63) is 50.2 Å². The fourth-order valence-electron chi connectivity index (χ4n) is 2.05. The quantitative estimate of drug-likeness (QED) is 0.812. The summed E-state index contributed by atoms with van der Waals surface area (Å²) in [6, 6.07) is 5.90. The van der Waals surface area contributed by atoms with Crippen LogP contribution in [0.25, 0.3) is 0 Å². The number of benzene rings is 1. The van der Waals surface area contributed by atoms with Crippen molar-refractivity contribution in [3.8, 4) is 0 Å². The van der Waals surface area contributed by atoms with Crippen molar-refractivity contribution >= 4 is 31.9 Å². The monoisotopic (exact) mass is 415 g/mol. The second-order valence-corrected chi connectivity index (χ2v) is 7.02. The number of aliphatic hydroxyl groups is 1. The van der Waals surface area contributed by atoms with Gasteiger partial charge in [0.15, 0.2) is 0 Å². The van der Waals surface area contributed by atoms with Crippen LogP contribution in [0.15, 0.2) is 33.3 Å². The molecule has 1 heterocycles. The summed E-state index contributed by atoms with van der Waals surface area (Å²) in [5.41, 5.74) is 2.78. The van der Waals surface area contributed by atoms with Gasteiger partial charge >= 0.3 is 0 Å². The molecule has 0 aliphatic rings. The van der Waals surface area contributed by atoms with Crippen molar-refractivity contribution in [1.82, 2.24) is 14.7 Å². The zero-order valence-electron chi connectivity index (χ0n) is 12.3. The standard InChI is InChI=1S/C15H19Br2N3O/c1-10-4-5-11(8-12(10)16)15(21)14-13(17)9-18-20(14)7-6-19(2)3/h4-5,8-9,15,21H,6-7H2,1-3H3. The van der Waals surface area contributed by atoms with Crippen LogP contribution < -0.4 is 0 Å². The summed E-state index contributed by atoms with van der Waals surface area (Å²) in [5.74, 6) is 0. The topological polar surface area (TPSA) is 41.3 Å². The Kier molecular flexibility index (Phi) is 5.60. The Bertz CT molecular complexity index is 625. The second kappa shape index (κ2) is 7.05. The van der Waals surface area contributed by atoms with Crippen molar-refractivity contribution in [2.45, 2.75) is 19.6 Å². The van der Waals surface area contributed by atoms with Crippen molar-refractivity contribution < 1.29 is 5.11 Å². The minimum absolute atomic E-state index is 0.707. The Labute approximate surface area is 142 Å². The van der Waals surface area contributed by atoms with Crippen LogP contribution >= 0.6 is 31.9 Å². The average molecular weight is 417 g/mol. The molecule has 1 atom stereocenters. The van der Waals surface area contributed by atoms with E-state index in [-0.39, 0.29) is 0 Å². The highest BCUT2D eigenvalue weighted by Gasteiger charge is 2.20. The number of rotatable bonds is 5. The van der Waals surface area contributed by atoms with Gasteiger partial charge in [0.25, 0.3) is 0 Å². The first kappa shape index (κ1) is 16.7. The molecule has 0 aliphatic carbocycles. The lowest BCUT2D eigenvalue weighted by Crippen LogP contribution is -2.21. The van der Waals surface area contributed by atoms with E-state index in [1.54, 1.807) is 6.20 Å². The second-order valence-electron chi connectivity index (χ2n) is 5.32. The van der Waals surface area contributed by atoms with Crippen LogP contribution in [-0.2, 0) is 6.54 Å². The van der Waals surface area contributed by atoms with Crippen LogP contribution in [0.4, 0.5) is 0 Å². The number of hydrogen-bond donors (Lipinski definition) is 1. The first-order chi connectivity index (χ1) is 9.90. The summed E-state index contributed by atoms with van der Waals surface area (Å²) >= 11 is 7.00. The SMILES string of the molecule is Cc1ccc(C(O)c2c(Br)cnn2CCN(C)C)cc1Br. The molecule has 6 heteroatoms. The third-order valence-electron chi connectivity index (χ3n) is 3.36. The van der Waals surface area contributed by atoms with Crippen LogP contribution in [0.5, 0.6) is 0 Å². The molecule has 1 aromatic heterocycles. The van der Waals surface area contributed by atoms with Crippen molar-refractivity contribution in [2.75, 3.05) is 20.6 Å². The Hall–Kier alpha value is -0.690. The van der Waals surface area contributed by atoms with Gasteiger partial charge < -0.3 is 10.0 Å². The van der Waals surface area contributed by atoms with Crippen LogP contribution in [-0.4, -0.2) is 40.4 Å². The summed E-state index contributed by atoms with van der Waals surface area (Å²) in [6.07, 6.45) is 1.03. The highest BCUT2D eigenvalue weighted by molar-refractivity contribution is 9.10. The molecule has 0 bridgehead atoms. The summed E-state index contributed by atoms with van der Waals surface area (Å²) in [6.45, 7) is 3.63. The zero-order valence-corrected chi connectivity index (χ0v) is 15.5. The number of hydrogen-bond acceptors (Lipinski definition) is 3. The van der Waals surface area contributed by atoms with Crippen molar-refractivity contribution in [1.29, 1.82) is 0 Å². The molecule has 0 spiro atoms. The predicted octanol–water partition coefficient (Wildman–Crippen LogP) is 3.36. The first-order valence-corrected chi connectivity index (χ1v) is 8.28. The normalized spacial score (nSPS) is 12.9. The third-order valence-corrected chi connectivity index (χ3v) is 4.83. The molecule has 0 saturated carbocycles. The highest BCUT2D eigenvalue weighted by atomic mass is 79.9. The van der Waals surface area contributed by atoms with Gasteiger partial charge in [-0.05, 0) is 54.1 Å². The van der Waals surface area contributed by atoms with E-state index in [9.17, 15) is 5.11 Å². The molecule has 1 unspecified atom stereocenters. The lowest BCUT2D eigenvalue weighted by molar-refractivity contribution is 0.204. The van der Waals surface area contributed by atoms with Gasteiger partial charge in [0.1, 0.15) is 6.10 Å². The molecular weight excluding hydrogens is 398 g/mol. The Morgan fingerprint density at radius 2 is 2.00 bits per heavy atom. The number of halogens is 2. The van der Waals surface area contributed by atoms with E-state index < -0.39 is 6.10 Å². The fourth-order valence-corrected chi connectivity index (χ4v) is 2.96. The molecule has 21 heavy (non-hydrogen) atoms. The number of likely N-dealkylation sites (N-methyl/N-ethyl adjacent to an activating group) is 1. The summed E-state index contributed by atoms with van der Waals surface area (Å²) < 4.78 is 3.67. The maximum Gasteiger partial charge on any atom is 0.122 e. The van der Waals surface area contributed by atoms with Crippen molar-refractivity contribution in [2.24, 2.45) is 0 Å². The van der Waals surface area contributed by atoms with Gasteiger partial charge in [-0.2, -0.15) is 5.10 Å². The number of aromatic nitrogens is 2. The van der Waals surface area contributed by atoms with Gasteiger partial charge in [0.2, 0.25) is 0 Å². The van der Waals surface area contributed by atoms with E-state index in [1.807, 2.05) is 43.9 Å². The highest BCUT2D eigenvalue weighted by Crippen LogP contribution is 2.30. The van der Waals surface area contributed by atoms with E-state index >= 15 is 0 Å². The zero-order chi connectivity index (χ0) is 15.6. The van der Waals surface area contributed by atoms with E-state index in [0.717, 1.165) is 38.9 Å². The van der Waals surface area contributed by atoms with Gasteiger partial charge in [-0.3, -0.25) is 4.68 Å². The number of aliphatic hydroxyl groups excluding tert-OH is 1. The summed E-state index contributed by atoms with van der Waals surface area (Å²) in [4.78, 5) is 2.09. The predicted molar refractivity (Wildman–Crippen MR) is 91.4 cm³/mol. The molecule has 0 aliphatic heterocycles. The average Bonchev–Trinajstić information content (AvgIpc) is 2.80. The van der Waals surface area contributed by atoms with Gasteiger partial charge in [-0.25, -0.2) is 0 Å². The van der Waals surface area contributed by atoms with E-state index in [2.05, 4.69) is 41.9 Å². The molecule has 114 valence electrons. The van der Waals surface area contributed by atoms with E-state index in [4.69, 9.17) is 0 Å². The van der Waals surface area contributed by atoms with Gasteiger partial charge in [0.05, 0.1) is 22.9 Å². The Morgan fingerprint density at radius 3 is 2.62 bits per heavy atom. The van der Waals surface area contributed by atoms with Crippen LogP contribution in [0.1, 0.15) is 22.9 Å². The minimum atomic E-state index is -0.707. The number of nitrogens with zero attached hydrogens (tertiary/aromatic N) is 3. The Morgan fingerprint density at radius 1 is 1.29 bits per heavy atom. The maximum absolute atomic E-state index is 10.7. The number of aryl methyl sites for hydroxylation is 1. The molecule has 1 aromatic carbocycles. The Balaban J connectivity index is 2.31. The van der Waals surface area contributed by atoms with E-state index in [0.29, 0.717) is 0 Å². The van der Waals surface area contributed by atoms with E-state index in [1.165, 1.54) is 0 Å². The van der Waals surface area contributed by atoms with Gasteiger partial charge in [-0.1, -0.05) is 28.1 Å². The van der Waals surface area contributed by atoms with Crippen LogP contribution in [0.3, 0.4) is 0 Å². The molecule has 0 amide bonds. The maximum atomic E-state index is 10.7. The summed E-state index contributed by atoms with van der Waals surface area (Å²) in [7, 11) is 4.04. The largest absolute Gasteiger partial charge is 0.382 e. The van der Waals surface area contributed by atoms with Crippen molar-refractivity contribution in [3.63, 3.8) is 0 Å². The molecule has 0 saturated heterocycles. The molecule has 4 nitrogen and oxygen atoms in total. The van der Waals surface area contributed by atoms with Crippen LogP contribution in [0.2, 0.25) is 0 Å². The molecular formula is C15H19Br2N3O. The third kappa shape index (κ3) is 3.94. The van der Waals surface area contributed by atoms with Gasteiger partial charge in [0, 0.05) is 11.0 Å². The molecule has 0 fully saturated rings. The fraction of sp³-hybridized carbons (Fsp3) is 0.400. The first-order valence-electron chi connectivity index (χ1n) is 6.70. The molecule has 0 radical (unpaired) electrons. The minimum Gasteiger partial charge on any atom is -0.382 e.